The lowest BCUT2D eigenvalue weighted by atomic mass is 10.0. The first-order chi connectivity index (χ1) is 19.2. The molecular formula is C32H36N4O4. The van der Waals surface area contributed by atoms with Gasteiger partial charge in [0.1, 0.15) is 6.54 Å². The maximum absolute atomic E-state index is 13.9. The van der Waals surface area contributed by atoms with Crippen LogP contribution in [0.2, 0.25) is 0 Å². The zero-order valence-electron chi connectivity index (χ0n) is 24.0. The third kappa shape index (κ3) is 4.85. The Hall–Kier alpha value is -4.46. The van der Waals surface area contributed by atoms with Crippen LogP contribution in [-0.2, 0) is 17.8 Å². The monoisotopic (exact) mass is 540 g/mol. The molecule has 0 aliphatic carbocycles. The summed E-state index contributed by atoms with van der Waals surface area (Å²) in [4.78, 5) is 29.7. The highest BCUT2D eigenvalue weighted by molar-refractivity contribution is 5.91. The van der Waals surface area contributed by atoms with Gasteiger partial charge in [0.05, 0.1) is 18.4 Å². The molecule has 0 saturated carbocycles. The SMILES string of the molecule is CCN(CC)c1ccc(NC(=O)Cn2c3c(c(=O)n2-c2ccc(C)cc2C)Cc2cccc(OC)c2O3)c(C)c1. The number of nitrogens with zero attached hydrogens (tertiary/aromatic N) is 3. The van der Waals surface area contributed by atoms with Crippen molar-refractivity contribution in [3.05, 3.63) is 92.8 Å². The molecule has 1 aliphatic rings. The van der Waals surface area contributed by atoms with Crippen LogP contribution < -0.4 is 25.2 Å². The number of fused-ring (bicyclic) bond motifs is 2. The highest BCUT2D eigenvalue weighted by Gasteiger charge is 2.31. The molecule has 1 N–H and O–H groups in total. The molecule has 208 valence electrons. The van der Waals surface area contributed by atoms with Crippen LogP contribution in [0.25, 0.3) is 5.69 Å². The van der Waals surface area contributed by atoms with Gasteiger partial charge in [-0.3, -0.25) is 9.59 Å². The Kier molecular flexibility index (Phi) is 7.43. The molecule has 0 fully saturated rings. The summed E-state index contributed by atoms with van der Waals surface area (Å²) >= 11 is 0. The zero-order chi connectivity index (χ0) is 28.6. The third-order valence-corrected chi connectivity index (χ3v) is 7.52. The fourth-order valence-corrected chi connectivity index (χ4v) is 5.43. The number of rotatable bonds is 8. The minimum absolute atomic E-state index is 0.111. The largest absolute Gasteiger partial charge is 0.493 e. The number of aryl methyl sites for hydroxylation is 3. The van der Waals surface area contributed by atoms with E-state index in [1.54, 1.807) is 16.5 Å². The van der Waals surface area contributed by atoms with Crippen molar-refractivity contribution in [1.29, 1.82) is 0 Å². The van der Waals surface area contributed by atoms with Crippen LogP contribution in [0.5, 0.6) is 17.4 Å². The smallest absolute Gasteiger partial charge is 0.278 e. The molecule has 0 spiro atoms. The zero-order valence-corrected chi connectivity index (χ0v) is 24.0. The molecule has 8 nitrogen and oxygen atoms in total. The Morgan fingerprint density at radius 3 is 2.48 bits per heavy atom. The number of hydrogen-bond donors (Lipinski definition) is 1. The van der Waals surface area contributed by atoms with Crippen molar-refractivity contribution in [2.24, 2.45) is 0 Å². The van der Waals surface area contributed by atoms with Crippen LogP contribution in [-0.4, -0.2) is 35.5 Å². The van der Waals surface area contributed by atoms with Crippen LogP contribution in [0.3, 0.4) is 0 Å². The predicted octanol–water partition coefficient (Wildman–Crippen LogP) is 5.75. The molecule has 0 radical (unpaired) electrons. The number of carbonyl (C=O) groups is 1. The van der Waals surface area contributed by atoms with Crippen LogP contribution in [0.1, 0.15) is 41.7 Å². The van der Waals surface area contributed by atoms with Gasteiger partial charge in [-0.1, -0.05) is 29.8 Å². The third-order valence-electron chi connectivity index (χ3n) is 7.52. The van der Waals surface area contributed by atoms with E-state index < -0.39 is 0 Å². The number of nitrogens with one attached hydrogen (secondary N) is 1. The van der Waals surface area contributed by atoms with Crippen LogP contribution in [0, 0.1) is 20.8 Å². The quantitative estimate of drug-likeness (QED) is 0.271. The van der Waals surface area contributed by atoms with Gasteiger partial charge in [0, 0.05) is 36.4 Å². The Bertz CT molecular complexity index is 1650. The van der Waals surface area contributed by atoms with Gasteiger partial charge in [0.15, 0.2) is 11.5 Å². The fourth-order valence-electron chi connectivity index (χ4n) is 5.43. The standard InChI is InChI=1S/C32H36N4O4/c1-7-34(8-2)24-13-14-26(21(4)17-24)33-29(37)19-35-32-25(18-23-10-9-11-28(39-6)30(23)40-32)31(38)36(35)27-15-12-20(3)16-22(27)5/h9-17H,7-8,18-19H2,1-6H3,(H,33,37). The normalized spacial score (nSPS) is 11.8. The molecule has 4 aromatic rings. The summed E-state index contributed by atoms with van der Waals surface area (Å²) in [6.45, 7) is 11.9. The van der Waals surface area contributed by atoms with E-state index in [2.05, 4.69) is 30.1 Å². The molecule has 0 atom stereocenters. The number of ether oxygens (including phenoxy) is 2. The van der Waals surface area contributed by atoms with E-state index in [1.165, 1.54) is 0 Å². The summed E-state index contributed by atoms with van der Waals surface area (Å²) < 4.78 is 15.1. The average Bonchev–Trinajstić information content (AvgIpc) is 3.19. The first-order valence-corrected chi connectivity index (χ1v) is 13.7. The van der Waals surface area contributed by atoms with Crippen molar-refractivity contribution in [2.75, 3.05) is 30.4 Å². The molecule has 0 bridgehead atoms. The molecule has 1 aromatic heterocycles. The van der Waals surface area contributed by atoms with E-state index in [1.807, 2.05) is 69.3 Å². The van der Waals surface area contributed by atoms with Gasteiger partial charge < -0.3 is 19.7 Å². The number of hydrogen-bond acceptors (Lipinski definition) is 5. The lowest BCUT2D eigenvalue weighted by Gasteiger charge is -2.23. The van der Waals surface area contributed by atoms with Gasteiger partial charge in [-0.25, -0.2) is 9.36 Å². The minimum Gasteiger partial charge on any atom is -0.493 e. The molecular weight excluding hydrogens is 504 g/mol. The maximum Gasteiger partial charge on any atom is 0.278 e. The summed E-state index contributed by atoms with van der Waals surface area (Å²) in [5.41, 5.74) is 6.70. The minimum atomic E-state index is -0.260. The van der Waals surface area contributed by atoms with E-state index in [0.29, 0.717) is 35.1 Å². The highest BCUT2D eigenvalue weighted by Crippen LogP contribution is 2.42. The van der Waals surface area contributed by atoms with Crippen LogP contribution in [0.15, 0.2) is 59.4 Å². The summed E-state index contributed by atoms with van der Waals surface area (Å²) in [5, 5.41) is 3.05. The van der Waals surface area contributed by atoms with Gasteiger partial charge in [-0.05, 0) is 76.1 Å². The highest BCUT2D eigenvalue weighted by atomic mass is 16.5. The van der Waals surface area contributed by atoms with E-state index in [-0.39, 0.29) is 18.0 Å². The Labute approximate surface area is 234 Å². The number of para-hydroxylation sites is 1. The van der Waals surface area contributed by atoms with Crippen molar-refractivity contribution >= 4 is 17.3 Å². The first-order valence-electron chi connectivity index (χ1n) is 13.7. The molecule has 1 aliphatic heterocycles. The molecule has 40 heavy (non-hydrogen) atoms. The van der Waals surface area contributed by atoms with Crippen molar-refractivity contribution in [3.8, 4) is 23.1 Å². The molecule has 5 rings (SSSR count). The fraction of sp³-hybridized carbons (Fsp3) is 0.312. The molecule has 8 heteroatoms. The lowest BCUT2D eigenvalue weighted by Crippen LogP contribution is -2.28. The molecule has 2 heterocycles. The number of benzene rings is 3. The van der Waals surface area contributed by atoms with Gasteiger partial charge in [0.25, 0.3) is 5.56 Å². The van der Waals surface area contributed by atoms with E-state index >= 15 is 0 Å². The Morgan fingerprint density at radius 2 is 1.80 bits per heavy atom. The van der Waals surface area contributed by atoms with Crippen LogP contribution in [0.4, 0.5) is 11.4 Å². The lowest BCUT2D eigenvalue weighted by molar-refractivity contribution is -0.117. The topological polar surface area (TPSA) is 77.7 Å². The molecule has 1 amide bonds. The van der Waals surface area contributed by atoms with Crippen molar-refractivity contribution in [1.82, 2.24) is 9.36 Å². The predicted molar refractivity (Wildman–Crippen MR) is 159 cm³/mol. The Balaban J connectivity index is 1.55. The van der Waals surface area contributed by atoms with Gasteiger partial charge in [-0.15, -0.1) is 0 Å². The van der Waals surface area contributed by atoms with E-state index in [9.17, 15) is 9.59 Å². The van der Waals surface area contributed by atoms with Gasteiger partial charge in [-0.2, -0.15) is 0 Å². The second-order valence-corrected chi connectivity index (χ2v) is 10.2. The maximum atomic E-state index is 13.9. The number of aromatic nitrogens is 2. The summed E-state index contributed by atoms with van der Waals surface area (Å²) in [5.74, 6) is 1.23. The number of carbonyl (C=O) groups excluding carboxylic acids is 1. The summed E-state index contributed by atoms with van der Waals surface area (Å²) in [6.07, 6.45) is 0.381. The average molecular weight is 541 g/mol. The summed E-state index contributed by atoms with van der Waals surface area (Å²) in [7, 11) is 1.59. The second-order valence-electron chi connectivity index (χ2n) is 10.2. The molecule has 3 aromatic carbocycles. The second kappa shape index (κ2) is 11.0. The first kappa shape index (κ1) is 27.1. The number of amides is 1. The molecule has 0 saturated heterocycles. The van der Waals surface area contributed by atoms with Gasteiger partial charge >= 0.3 is 0 Å². The van der Waals surface area contributed by atoms with Crippen molar-refractivity contribution < 1.29 is 14.3 Å². The summed E-state index contributed by atoms with van der Waals surface area (Å²) in [6, 6.07) is 17.6. The number of methoxy groups -OCH3 is 1. The van der Waals surface area contributed by atoms with Gasteiger partial charge in [0.2, 0.25) is 11.8 Å². The van der Waals surface area contributed by atoms with E-state index in [4.69, 9.17) is 9.47 Å². The molecule has 0 unspecified atom stereocenters. The van der Waals surface area contributed by atoms with Crippen molar-refractivity contribution in [2.45, 2.75) is 47.6 Å². The Morgan fingerprint density at radius 1 is 1.02 bits per heavy atom. The van der Waals surface area contributed by atoms with E-state index in [0.717, 1.165) is 46.7 Å². The van der Waals surface area contributed by atoms with Crippen molar-refractivity contribution in [3.63, 3.8) is 0 Å². The van der Waals surface area contributed by atoms with Crippen LogP contribution >= 0.6 is 0 Å². The number of anilines is 2.